The second-order valence-corrected chi connectivity index (χ2v) is 3.21. The molecular weight excluding hydrogens is 198 g/mol. The zero-order valence-corrected chi connectivity index (χ0v) is 8.45. The van der Waals surface area contributed by atoms with Gasteiger partial charge in [0.05, 0.1) is 11.6 Å². The van der Waals surface area contributed by atoms with Crippen molar-refractivity contribution in [3.05, 3.63) is 34.7 Å². The van der Waals surface area contributed by atoms with E-state index < -0.39 is 0 Å². The van der Waals surface area contributed by atoms with Crippen LogP contribution in [-0.4, -0.2) is 9.78 Å². The fourth-order valence-electron chi connectivity index (χ4n) is 1.31. The summed E-state index contributed by atoms with van der Waals surface area (Å²) in [5.74, 6) is 0. The van der Waals surface area contributed by atoms with Crippen LogP contribution in [-0.2, 0) is 7.05 Å². The van der Waals surface area contributed by atoms with Crippen LogP contribution in [0.25, 0.3) is 10.8 Å². The van der Waals surface area contributed by atoms with Crippen LogP contribution >= 0.6 is 12.8 Å². The highest BCUT2D eigenvalue weighted by Crippen LogP contribution is 2.15. The number of hydrogen-bond donors (Lipinski definition) is 2. The van der Waals surface area contributed by atoms with Gasteiger partial charge in [0.25, 0.3) is 5.56 Å². The van der Waals surface area contributed by atoms with Gasteiger partial charge in [-0.15, -0.1) is 0 Å². The van der Waals surface area contributed by atoms with E-state index in [0.29, 0.717) is 5.39 Å². The molecule has 5 heteroatoms. The molecule has 0 amide bonds. The molecule has 1 heterocycles. The Bertz CT molecular complexity index is 535. The number of thiol groups is 1. The quantitative estimate of drug-likeness (QED) is 0.690. The molecule has 1 N–H and O–H groups in total. The maximum atomic E-state index is 11.6. The summed E-state index contributed by atoms with van der Waals surface area (Å²) in [6.45, 7) is 0. The van der Waals surface area contributed by atoms with Gasteiger partial charge in [0.2, 0.25) is 0 Å². The number of nitrogens with zero attached hydrogens (tertiary/aromatic N) is 2. The highest BCUT2D eigenvalue weighted by atomic mass is 32.1. The van der Waals surface area contributed by atoms with Crippen LogP contribution in [0.2, 0.25) is 0 Å². The van der Waals surface area contributed by atoms with E-state index in [0.717, 1.165) is 11.1 Å². The molecule has 0 bridgehead atoms. The van der Waals surface area contributed by atoms with Crippen LogP contribution in [0.15, 0.2) is 29.2 Å². The molecule has 0 aliphatic carbocycles. The Balaban J connectivity index is 2.81. The Morgan fingerprint density at radius 3 is 3.00 bits per heavy atom. The zero-order valence-electron chi connectivity index (χ0n) is 7.56. The molecule has 0 aliphatic heterocycles. The molecule has 2 aromatic rings. The van der Waals surface area contributed by atoms with Crippen LogP contribution in [0.4, 0.5) is 5.69 Å². The Morgan fingerprint density at radius 2 is 2.29 bits per heavy atom. The number of nitrogens with one attached hydrogen (secondary N) is 1. The van der Waals surface area contributed by atoms with Gasteiger partial charge >= 0.3 is 0 Å². The van der Waals surface area contributed by atoms with E-state index in [4.69, 9.17) is 0 Å². The van der Waals surface area contributed by atoms with Crippen molar-refractivity contribution in [2.24, 2.45) is 7.05 Å². The number of aromatic nitrogens is 2. The van der Waals surface area contributed by atoms with Gasteiger partial charge in [-0.3, -0.25) is 4.79 Å². The molecule has 0 radical (unpaired) electrons. The number of rotatable bonds is 1. The van der Waals surface area contributed by atoms with Gasteiger partial charge in [-0.2, -0.15) is 5.10 Å². The molecule has 1 aromatic heterocycles. The molecule has 72 valence electrons. The molecule has 0 saturated heterocycles. The minimum atomic E-state index is -0.0896. The fraction of sp³-hybridized carbons (Fsp3) is 0.111. The molecule has 4 nitrogen and oxygen atoms in total. The van der Waals surface area contributed by atoms with E-state index in [-0.39, 0.29) is 5.56 Å². The third kappa shape index (κ3) is 1.35. The monoisotopic (exact) mass is 207 g/mol. The molecule has 0 spiro atoms. The van der Waals surface area contributed by atoms with E-state index in [1.165, 1.54) is 4.68 Å². The second-order valence-electron chi connectivity index (χ2n) is 2.99. The Hall–Kier alpha value is -1.49. The van der Waals surface area contributed by atoms with Crippen molar-refractivity contribution in [2.75, 3.05) is 4.72 Å². The van der Waals surface area contributed by atoms with E-state index >= 15 is 0 Å². The van der Waals surface area contributed by atoms with Crippen molar-refractivity contribution < 1.29 is 0 Å². The van der Waals surface area contributed by atoms with Crippen LogP contribution < -0.4 is 10.3 Å². The predicted molar refractivity (Wildman–Crippen MR) is 59.6 cm³/mol. The first-order valence-electron chi connectivity index (χ1n) is 4.08. The highest BCUT2D eigenvalue weighted by Gasteiger charge is 2.01. The molecule has 0 aliphatic rings. The minimum Gasteiger partial charge on any atom is -0.332 e. The van der Waals surface area contributed by atoms with Crippen molar-refractivity contribution >= 4 is 29.3 Å². The first-order chi connectivity index (χ1) is 6.72. The number of aryl methyl sites for hydroxylation is 1. The molecule has 0 atom stereocenters. The van der Waals surface area contributed by atoms with E-state index in [9.17, 15) is 4.79 Å². The number of anilines is 1. The fourth-order valence-corrected chi connectivity index (χ4v) is 1.45. The summed E-state index contributed by atoms with van der Waals surface area (Å²) < 4.78 is 4.03. The van der Waals surface area contributed by atoms with Gasteiger partial charge in [-0.1, -0.05) is 12.8 Å². The molecule has 0 saturated carbocycles. The topological polar surface area (TPSA) is 46.9 Å². The van der Waals surface area contributed by atoms with Gasteiger partial charge in [0, 0.05) is 18.1 Å². The summed E-state index contributed by atoms with van der Waals surface area (Å²) in [5, 5.41) is 5.41. The summed E-state index contributed by atoms with van der Waals surface area (Å²) in [7, 11) is 1.63. The summed E-state index contributed by atoms with van der Waals surface area (Å²) >= 11 is 3.93. The van der Waals surface area contributed by atoms with Crippen molar-refractivity contribution in [1.82, 2.24) is 9.78 Å². The average Bonchev–Trinajstić information content (AvgIpc) is 2.23. The molecule has 0 fully saturated rings. The SMILES string of the molecule is Cn1ncc2cc(NS)ccc2c1=O. The highest BCUT2D eigenvalue weighted by molar-refractivity contribution is 7.81. The van der Waals surface area contributed by atoms with Gasteiger partial charge in [-0.25, -0.2) is 4.68 Å². The molecule has 2 rings (SSSR count). The normalized spacial score (nSPS) is 10.4. The maximum Gasteiger partial charge on any atom is 0.274 e. The first kappa shape index (κ1) is 9.08. The van der Waals surface area contributed by atoms with Crippen molar-refractivity contribution in [2.45, 2.75) is 0 Å². The first-order valence-corrected chi connectivity index (χ1v) is 4.53. The van der Waals surface area contributed by atoms with E-state index in [1.54, 1.807) is 25.4 Å². The van der Waals surface area contributed by atoms with Crippen LogP contribution in [0, 0.1) is 0 Å². The third-order valence-electron chi connectivity index (χ3n) is 2.08. The lowest BCUT2D eigenvalue weighted by atomic mass is 10.2. The summed E-state index contributed by atoms with van der Waals surface area (Å²) in [4.78, 5) is 11.6. The average molecular weight is 207 g/mol. The summed E-state index contributed by atoms with van der Waals surface area (Å²) in [6.07, 6.45) is 1.66. The predicted octanol–water partition coefficient (Wildman–Crippen LogP) is 1.19. The second kappa shape index (κ2) is 3.34. The molecule has 0 unspecified atom stereocenters. The van der Waals surface area contributed by atoms with E-state index in [2.05, 4.69) is 22.6 Å². The largest absolute Gasteiger partial charge is 0.332 e. The standard InChI is InChI=1S/C9H9N3OS/c1-12-9(13)8-3-2-7(11-14)4-6(8)5-10-12/h2-5,11,14H,1H3. The molecule has 14 heavy (non-hydrogen) atoms. The Labute approximate surface area is 86.1 Å². The number of hydrogen-bond acceptors (Lipinski definition) is 4. The van der Waals surface area contributed by atoms with Crippen molar-refractivity contribution in [3.63, 3.8) is 0 Å². The van der Waals surface area contributed by atoms with E-state index in [1.807, 2.05) is 6.07 Å². The Kier molecular flexibility index (Phi) is 2.17. The lowest BCUT2D eigenvalue weighted by Crippen LogP contribution is -2.18. The minimum absolute atomic E-state index is 0.0896. The van der Waals surface area contributed by atoms with Gasteiger partial charge in [0.1, 0.15) is 0 Å². The van der Waals surface area contributed by atoms with Crippen molar-refractivity contribution in [3.8, 4) is 0 Å². The third-order valence-corrected chi connectivity index (χ3v) is 2.33. The van der Waals surface area contributed by atoms with Crippen LogP contribution in [0.3, 0.4) is 0 Å². The lowest BCUT2D eigenvalue weighted by Gasteiger charge is -2.02. The number of fused-ring (bicyclic) bond motifs is 1. The van der Waals surface area contributed by atoms with Crippen molar-refractivity contribution in [1.29, 1.82) is 0 Å². The summed E-state index contributed by atoms with van der Waals surface area (Å²) in [5.41, 5.74) is 0.754. The lowest BCUT2D eigenvalue weighted by molar-refractivity contribution is 0.718. The van der Waals surface area contributed by atoms with Gasteiger partial charge in [-0.05, 0) is 18.2 Å². The van der Waals surface area contributed by atoms with Crippen LogP contribution in [0.1, 0.15) is 0 Å². The Morgan fingerprint density at radius 1 is 1.50 bits per heavy atom. The molecule has 1 aromatic carbocycles. The smallest absolute Gasteiger partial charge is 0.274 e. The number of benzene rings is 1. The zero-order chi connectivity index (χ0) is 10.1. The van der Waals surface area contributed by atoms with Gasteiger partial charge < -0.3 is 4.72 Å². The summed E-state index contributed by atoms with van der Waals surface area (Å²) in [6, 6.07) is 5.39. The maximum absolute atomic E-state index is 11.6. The van der Waals surface area contributed by atoms with Crippen LogP contribution in [0.5, 0.6) is 0 Å². The van der Waals surface area contributed by atoms with Gasteiger partial charge in [0.15, 0.2) is 0 Å². The molecular formula is C9H9N3OS.